The van der Waals surface area contributed by atoms with Gasteiger partial charge in [0.1, 0.15) is 0 Å². The van der Waals surface area contributed by atoms with Crippen LogP contribution in [0.15, 0.2) is 48.4 Å². The van der Waals surface area contributed by atoms with Gasteiger partial charge in [-0.3, -0.25) is 9.36 Å². The van der Waals surface area contributed by atoms with E-state index >= 15 is 0 Å². The Hall–Kier alpha value is -2.01. The van der Waals surface area contributed by atoms with Crippen molar-refractivity contribution in [1.82, 2.24) is 14.9 Å². The Bertz CT molecular complexity index is 649. The molecule has 0 aliphatic carbocycles. The number of benzene rings is 1. The van der Waals surface area contributed by atoms with Gasteiger partial charge in [0.25, 0.3) is 0 Å². The molecular weight excluding hydrogens is 282 g/mol. The first-order chi connectivity index (χ1) is 10.1. The van der Waals surface area contributed by atoms with Crippen molar-refractivity contribution in [2.75, 3.05) is 12.3 Å². The van der Waals surface area contributed by atoms with Crippen molar-refractivity contribution in [2.45, 2.75) is 19.0 Å². The number of nitrogens with one attached hydrogen (secondary N) is 1. The summed E-state index contributed by atoms with van der Waals surface area (Å²) in [6.45, 7) is 8.22. The molecule has 0 unspecified atom stereocenters. The van der Waals surface area contributed by atoms with Crippen molar-refractivity contribution in [3.63, 3.8) is 0 Å². The van der Waals surface area contributed by atoms with Crippen LogP contribution < -0.4 is 5.32 Å². The Kier molecular flexibility index (Phi) is 5.22. The average molecular weight is 301 g/mol. The second-order valence-corrected chi connectivity index (χ2v) is 5.69. The van der Waals surface area contributed by atoms with Gasteiger partial charge in [0.05, 0.1) is 11.4 Å². The Balaban J connectivity index is 2.11. The quantitative estimate of drug-likeness (QED) is 0.659. The third kappa shape index (κ3) is 3.98. The minimum absolute atomic E-state index is 0.0184. The lowest BCUT2D eigenvalue weighted by atomic mass is 10.1. The summed E-state index contributed by atoms with van der Waals surface area (Å²) in [4.78, 5) is 16.0. The van der Waals surface area contributed by atoms with E-state index in [1.54, 1.807) is 12.3 Å². The second kappa shape index (κ2) is 7.13. The molecule has 0 spiro atoms. The van der Waals surface area contributed by atoms with Gasteiger partial charge in [0, 0.05) is 18.9 Å². The van der Waals surface area contributed by atoms with Crippen LogP contribution in [0.5, 0.6) is 0 Å². The predicted octanol–water partition coefficient (Wildman–Crippen LogP) is 2.88. The summed E-state index contributed by atoms with van der Waals surface area (Å²) in [6.07, 6.45) is 5.34. The van der Waals surface area contributed by atoms with Crippen LogP contribution in [-0.4, -0.2) is 27.8 Å². The summed E-state index contributed by atoms with van der Waals surface area (Å²) in [5, 5.41) is 3.57. The molecule has 2 aromatic rings. The highest BCUT2D eigenvalue weighted by molar-refractivity contribution is 7.99. The fourth-order valence-corrected chi connectivity index (χ4v) is 2.82. The highest BCUT2D eigenvalue weighted by Crippen LogP contribution is 2.23. The third-order valence-electron chi connectivity index (χ3n) is 2.99. The summed E-state index contributed by atoms with van der Waals surface area (Å²) >= 11 is 1.43. The number of carbonyl (C=O) groups excluding carboxylic acids is 1. The first kappa shape index (κ1) is 15.4. The largest absolute Gasteiger partial charge is 0.352 e. The molecule has 1 aromatic heterocycles. The molecule has 5 heteroatoms. The molecule has 0 saturated carbocycles. The lowest BCUT2D eigenvalue weighted by molar-refractivity contribution is -0.118. The van der Waals surface area contributed by atoms with E-state index in [-0.39, 0.29) is 5.91 Å². The Morgan fingerprint density at radius 2 is 2.29 bits per heavy atom. The molecule has 0 bridgehead atoms. The molecule has 1 N–H and O–H groups in total. The maximum atomic E-state index is 11.6. The molecule has 1 aromatic carbocycles. The fraction of sp³-hybridized carbons (Fsp3) is 0.250. The zero-order valence-corrected chi connectivity index (χ0v) is 13.1. The smallest absolute Gasteiger partial charge is 0.230 e. The minimum atomic E-state index is -0.0184. The average Bonchev–Trinajstić information content (AvgIpc) is 2.91. The highest BCUT2D eigenvalue weighted by atomic mass is 32.2. The summed E-state index contributed by atoms with van der Waals surface area (Å²) in [5.74, 6) is 0.325. The molecule has 0 aliphatic rings. The summed E-state index contributed by atoms with van der Waals surface area (Å²) in [5.41, 5.74) is 3.51. The van der Waals surface area contributed by atoms with Gasteiger partial charge in [-0.15, -0.1) is 6.58 Å². The van der Waals surface area contributed by atoms with E-state index in [2.05, 4.69) is 48.9 Å². The summed E-state index contributed by atoms with van der Waals surface area (Å²) in [7, 11) is 0. The van der Waals surface area contributed by atoms with Crippen LogP contribution in [0.1, 0.15) is 11.1 Å². The fourth-order valence-electron chi connectivity index (χ4n) is 2.02. The summed E-state index contributed by atoms with van der Waals surface area (Å²) in [6, 6.07) is 6.29. The molecule has 21 heavy (non-hydrogen) atoms. The van der Waals surface area contributed by atoms with Gasteiger partial charge in [0.2, 0.25) is 5.91 Å². The zero-order valence-electron chi connectivity index (χ0n) is 12.3. The lowest BCUT2D eigenvalue weighted by Crippen LogP contribution is -2.25. The van der Waals surface area contributed by atoms with Crippen molar-refractivity contribution in [1.29, 1.82) is 0 Å². The first-order valence-corrected chi connectivity index (χ1v) is 7.71. The van der Waals surface area contributed by atoms with Crippen molar-refractivity contribution >= 4 is 17.7 Å². The van der Waals surface area contributed by atoms with Gasteiger partial charge >= 0.3 is 0 Å². The number of amides is 1. The van der Waals surface area contributed by atoms with E-state index in [1.807, 2.05) is 10.8 Å². The molecule has 110 valence electrons. The van der Waals surface area contributed by atoms with Crippen molar-refractivity contribution in [3.05, 3.63) is 54.4 Å². The van der Waals surface area contributed by atoms with Crippen LogP contribution in [0.3, 0.4) is 0 Å². The van der Waals surface area contributed by atoms with Crippen LogP contribution in [0, 0.1) is 13.8 Å². The maximum absolute atomic E-state index is 11.6. The molecular formula is C16H19N3OS. The predicted molar refractivity (Wildman–Crippen MR) is 87.0 cm³/mol. The Morgan fingerprint density at radius 1 is 1.48 bits per heavy atom. The molecule has 0 fully saturated rings. The minimum Gasteiger partial charge on any atom is -0.352 e. The molecule has 0 radical (unpaired) electrons. The van der Waals surface area contributed by atoms with Gasteiger partial charge in [-0.25, -0.2) is 4.98 Å². The number of aryl methyl sites for hydroxylation is 2. The van der Waals surface area contributed by atoms with E-state index in [9.17, 15) is 4.79 Å². The molecule has 0 atom stereocenters. The number of hydrogen-bond donors (Lipinski definition) is 1. The number of imidazole rings is 1. The van der Waals surface area contributed by atoms with Gasteiger partial charge in [-0.1, -0.05) is 35.5 Å². The van der Waals surface area contributed by atoms with Crippen LogP contribution in [0.4, 0.5) is 0 Å². The zero-order chi connectivity index (χ0) is 15.2. The van der Waals surface area contributed by atoms with E-state index in [4.69, 9.17) is 0 Å². The molecule has 1 heterocycles. The first-order valence-electron chi connectivity index (χ1n) is 6.73. The van der Waals surface area contributed by atoms with Crippen LogP contribution in [0.2, 0.25) is 0 Å². The van der Waals surface area contributed by atoms with Gasteiger partial charge in [0.15, 0.2) is 5.16 Å². The number of carbonyl (C=O) groups is 1. The molecule has 0 aliphatic heterocycles. The Labute approximate surface area is 129 Å². The summed E-state index contributed by atoms with van der Waals surface area (Å²) < 4.78 is 2.01. The standard InChI is InChI=1S/C16H19N3OS/c1-4-7-17-15(20)11-21-16-18-8-9-19(16)14-6-5-12(2)10-13(14)3/h4-6,8-10H,1,7,11H2,2-3H3,(H,17,20). The molecule has 0 saturated heterocycles. The lowest BCUT2D eigenvalue weighted by Gasteiger charge is -2.11. The normalized spacial score (nSPS) is 10.4. The van der Waals surface area contributed by atoms with Gasteiger partial charge in [-0.05, 0) is 25.5 Å². The van der Waals surface area contributed by atoms with E-state index < -0.39 is 0 Å². The number of nitrogens with zero attached hydrogens (tertiary/aromatic N) is 2. The Morgan fingerprint density at radius 3 is 3.00 bits per heavy atom. The van der Waals surface area contributed by atoms with Crippen molar-refractivity contribution in [2.24, 2.45) is 0 Å². The van der Waals surface area contributed by atoms with Crippen molar-refractivity contribution in [3.8, 4) is 5.69 Å². The monoisotopic (exact) mass is 301 g/mol. The van der Waals surface area contributed by atoms with E-state index in [1.165, 1.54) is 22.9 Å². The number of rotatable bonds is 6. The highest BCUT2D eigenvalue weighted by Gasteiger charge is 2.10. The van der Waals surface area contributed by atoms with Crippen molar-refractivity contribution < 1.29 is 4.79 Å². The van der Waals surface area contributed by atoms with Gasteiger partial charge < -0.3 is 5.32 Å². The molecule has 1 amide bonds. The number of hydrogen-bond acceptors (Lipinski definition) is 3. The molecule has 2 rings (SSSR count). The van der Waals surface area contributed by atoms with E-state index in [0.29, 0.717) is 12.3 Å². The van der Waals surface area contributed by atoms with Crippen LogP contribution in [-0.2, 0) is 4.79 Å². The van der Waals surface area contributed by atoms with Crippen LogP contribution >= 0.6 is 11.8 Å². The van der Waals surface area contributed by atoms with E-state index in [0.717, 1.165) is 10.8 Å². The second-order valence-electron chi connectivity index (χ2n) is 4.75. The maximum Gasteiger partial charge on any atom is 0.230 e. The number of aromatic nitrogens is 2. The van der Waals surface area contributed by atoms with Crippen LogP contribution in [0.25, 0.3) is 5.69 Å². The topological polar surface area (TPSA) is 46.9 Å². The third-order valence-corrected chi connectivity index (χ3v) is 3.96. The SMILES string of the molecule is C=CCNC(=O)CSc1nccn1-c1ccc(C)cc1C. The number of thioether (sulfide) groups is 1. The van der Waals surface area contributed by atoms with Gasteiger partial charge in [-0.2, -0.15) is 0 Å². The molecule has 4 nitrogen and oxygen atoms in total.